The fourth-order valence-corrected chi connectivity index (χ4v) is 4.50. The van der Waals surface area contributed by atoms with E-state index in [1.165, 1.54) is 6.07 Å². The van der Waals surface area contributed by atoms with Gasteiger partial charge in [-0.05, 0) is 40.2 Å². The summed E-state index contributed by atoms with van der Waals surface area (Å²) in [6.45, 7) is 0. The predicted molar refractivity (Wildman–Crippen MR) is 82.6 cm³/mol. The number of hydrogen-bond acceptors (Lipinski definition) is 6. The lowest BCUT2D eigenvalue weighted by atomic mass is 10.2. The molecular formula is C12H8BrN3O3S2. The molecule has 0 aliphatic carbocycles. The summed E-state index contributed by atoms with van der Waals surface area (Å²) >= 11 is 4.31. The van der Waals surface area contributed by atoms with Crippen molar-refractivity contribution < 1.29 is 12.8 Å². The first-order valence-electron chi connectivity index (χ1n) is 5.72. The van der Waals surface area contributed by atoms with E-state index in [0.29, 0.717) is 5.56 Å². The van der Waals surface area contributed by atoms with Gasteiger partial charge in [0.2, 0.25) is 5.89 Å². The van der Waals surface area contributed by atoms with Gasteiger partial charge in [0.05, 0.1) is 3.79 Å². The molecule has 3 rings (SSSR count). The highest BCUT2D eigenvalue weighted by molar-refractivity contribution is 9.11. The second-order valence-corrected chi connectivity index (χ2v) is 8.31. The van der Waals surface area contributed by atoms with E-state index in [4.69, 9.17) is 4.42 Å². The van der Waals surface area contributed by atoms with Crippen LogP contribution in [-0.2, 0) is 10.0 Å². The molecule has 0 spiro atoms. The molecule has 9 heteroatoms. The van der Waals surface area contributed by atoms with E-state index in [2.05, 4.69) is 30.8 Å². The summed E-state index contributed by atoms with van der Waals surface area (Å²) in [5.41, 5.74) is 0.717. The molecule has 21 heavy (non-hydrogen) atoms. The van der Waals surface area contributed by atoms with E-state index in [9.17, 15) is 8.42 Å². The van der Waals surface area contributed by atoms with Crippen LogP contribution in [0.4, 0.5) is 6.01 Å². The minimum absolute atomic E-state index is 0.161. The highest BCUT2D eigenvalue weighted by Gasteiger charge is 2.20. The average Bonchev–Trinajstić information content (AvgIpc) is 3.09. The number of nitrogens with zero attached hydrogens (tertiary/aromatic N) is 2. The van der Waals surface area contributed by atoms with Crippen molar-refractivity contribution in [2.24, 2.45) is 0 Å². The van der Waals surface area contributed by atoms with Crippen LogP contribution < -0.4 is 4.72 Å². The summed E-state index contributed by atoms with van der Waals surface area (Å²) in [4.78, 5) is 0. The summed E-state index contributed by atoms with van der Waals surface area (Å²) in [6.07, 6.45) is 0. The molecule has 0 aliphatic heterocycles. The monoisotopic (exact) mass is 385 g/mol. The molecular weight excluding hydrogens is 378 g/mol. The number of thiophene rings is 1. The van der Waals surface area contributed by atoms with Gasteiger partial charge in [0.1, 0.15) is 4.21 Å². The summed E-state index contributed by atoms with van der Waals surface area (Å²) in [5, 5.41) is 7.52. The lowest BCUT2D eigenvalue weighted by Crippen LogP contribution is -2.11. The molecule has 0 aliphatic rings. The largest absolute Gasteiger partial charge is 0.403 e. The highest BCUT2D eigenvalue weighted by Crippen LogP contribution is 2.28. The molecule has 3 aromatic rings. The van der Waals surface area contributed by atoms with Crippen molar-refractivity contribution in [3.8, 4) is 11.5 Å². The zero-order chi connectivity index (χ0) is 14.9. The van der Waals surface area contributed by atoms with Gasteiger partial charge in [-0.1, -0.05) is 23.3 Å². The predicted octanol–water partition coefficient (Wildman–Crippen LogP) is 3.36. The Hall–Kier alpha value is -1.71. The second-order valence-electron chi connectivity index (χ2n) is 3.94. The fraction of sp³-hybridized carbons (Fsp3) is 0. The molecule has 108 valence electrons. The first kappa shape index (κ1) is 14.2. The number of aromatic nitrogens is 2. The minimum atomic E-state index is -3.72. The molecule has 0 fully saturated rings. The normalized spacial score (nSPS) is 11.5. The van der Waals surface area contributed by atoms with Crippen LogP contribution in [0.2, 0.25) is 0 Å². The van der Waals surface area contributed by atoms with Crippen molar-refractivity contribution in [2.75, 3.05) is 4.72 Å². The van der Waals surface area contributed by atoms with Gasteiger partial charge in [-0.3, -0.25) is 0 Å². The van der Waals surface area contributed by atoms with Crippen LogP contribution in [-0.4, -0.2) is 18.6 Å². The lowest BCUT2D eigenvalue weighted by molar-refractivity contribution is 0.578. The van der Waals surface area contributed by atoms with E-state index in [1.807, 2.05) is 18.2 Å². The molecule has 1 N–H and O–H groups in total. The SMILES string of the molecule is O=S(=O)(Nc1nnc(-c2ccccc2)o1)c1ccc(Br)s1. The first-order valence-corrected chi connectivity index (χ1v) is 8.81. The summed E-state index contributed by atoms with van der Waals surface area (Å²) < 4.78 is 32.7. The molecule has 1 aromatic carbocycles. The Morgan fingerprint density at radius 1 is 1.10 bits per heavy atom. The van der Waals surface area contributed by atoms with Crippen LogP contribution in [0, 0.1) is 0 Å². The van der Waals surface area contributed by atoms with Gasteiger partial charge < -0.3 is 4.42 Å². The van der Waals surface area contributed by atoms with Gasteiger partial charge in [-0.25, -0.2) is 13.1 Å². The summed E-state index contributed by atoms with van der Waals surface area (Å²) in [7, 11) is -3.72. The van der Waals surface area contributed by atoms with Crippen molar-refractivity contribution in [3.05, 3.63) is 46.3 Å². The summed E-state index contributed by atoms with van der Waals surface area (Å²) in [5.74, 6) is 0.251. The maximum absolute atomic E-state index is 12.1. The van der Waals surface area contributed by atoms with Crippen molar-refractivity contribution in [3.63, 3.8) is 0 Å². The van der Waals surface area contributed by atoms with Crippen LogP contribution in [0.25, 0.3) is 11.5 Å². The first-order chi connectivity index (χ1) is 10.0. The minimum Gasteiger partial charge on any atom is -0.403 e. The topological polar surface area (TPSA) is 85.1 Å². The van der Waals surface area contributed by atoms with E-state index < -0.39 is 10.0 Å². The molecule has 0 saturated heterocycles. The molecule has 2 aromatic heterocycles. The lowest BCUT2D eigenvalue weighted by Gasteiger charge is -2.00. The number of nitrogens with one attached hydrogen (secondary N) is 1. The quantitative estimate of drug-likeness (QED) is 0.743. The molecule has 0 unspecified atom stereocenters. The third-order valence-electron chi connectivity index (χ3n) is 2.48. The third-order valence-corrected chi connectivity index (χ3v) is 5.92. The Balaban J connectivity index is 1.85. The van der Waals surface area contributed by atoms with E-state index in [1.54, 1.807) is 18.2 Å². The smallest absolute Gasteiger partial charge is 0.330 e. The molecule has 6 nitrogen and oxygen atoms in total. The van der Waals surface area contributed by atoms with Crippen molar-refractivity contribution >= 4 is 43.3 Å². The zero-order valence-corrected chi connectivity index (χ0v) is 13.6. The van der Waals surface area contributed by atoms with E-state index >= 15 is 0 Å². The van der Waals surface area contributed by atoms with Gasteiger partial charge in [0.25, 0.3) is 10.0 Å². The fourth-order valence-electron chi connectivity index (χ4n) is 1.57. The summed E-state index contributed by atoms with van der Waals surface area (Å²) in [6, 6.07) is 12.1. The molecule has 0 bridgehead atoms. The Morgan fingerprint density at radius 2 is 1.86 bits per heavy atom. The number of benzene rings is 1. The zero-order valence-electron chi connectivity index (χ0n) is 10.4. The highest BCUT2D eigenvalue weighted by atomic mass is 79.9. The van der Waals surface area contributed by atoms with Crippen LogP contribution in [0.5, 0.6) is 0 Å². The number of sulfonamides is 1. The van der Waals surface area contributed by atoms with E-state index in [0.717, 1.165) is 15.1 Å². The van der Waals surface area contributed by atoms with Gasteiger partial charge >= 0.3 is 6.01 Å². The number of rotatable bonds is 4. The maximum atomic E-state index is 12.1. The van der Waals surface area contributed by atoms with E-state index in [-0.39, 0.29) is 16.1 Å². The van der Waals surface area contributed by atoms with Crippen LogP contribution >= 0.6 is 27.3 Å². The van der Waals surface area contributed by atoms with Crippen molar-refractivity contribution in [2.45, 2.75) is 4.21 Å². The van der Waals surface area contributed by atoms with Crippen LogP contribution in [0.15, 0.2) is 54.9 Å². The average molecular weight is 386 g/mol. The number of anilines is 1. The molecule has 0 atom stereocenters. The van der Waals surface area contributed by atoms with Gasteiger partial charge in [-0.2, -0.15) is 0 Å². The van der Waals surface area contributed by atoms with Crippen LogP contribution in [0.3, 0.4) is 0 Å². The molecule has 0 amide bonds. The van der Waals surface area contributed by atoms with Crippen molar-refractivity contribution in [1.82, 2.24) is 10.2 Å². The van der Waals surface area contributed by atoms with Crippen molar-refractivity contribution in [1.29, 1.82) is 0 Å². The van der Waals surface area contributed by atoms with Gasteiger partial charge in [-0.15, -0.1) is 16.4 Å². The molecule has 0 radical (unpaired) electrons. The standard InChI is InChI=1S/C12H8BrN3O3S2/c13-9-6-7-10(20-9)21(17,18)16-12-15-14-11(19-12)8-4-2-1-3-5-8/h1-7H,(H,15,16). The maximum Gasteiger partial charge on any atom is 0.330 e. The molecule has 0 saturated carbocycles. The molecule has 2 heterocycles. The van der Waals surface area contributed by atoms with Crippen LogP contribution in [0.1, 0.15) is 0 Å². The van der Waals surface area contributed by atoms with Gasteiger partial charge in [0.15, 0.2) is 0 Å². The number of hydrogen-bond donors (Lipinski definition) is 1. The Kier molecular flexibility index (Phi) is 3.79. The Bertz CT molecular complexity index is 859. The Labute approximate surface area is 133 Å². The second kappa shape index (κ2) is 5.58. The number of halogens is 1. The van der Waals surface area contributed by atoms with Gasteiger partial charge in [0, 0.05) is 5.56 Å². The Morgan fingerprint density at radius 3 is 2.52 bits per heavy atom. The third kappa shape index (κ3) is 3.14.